The molecule has 0 saturated heterocycles. The Morgan fingerprint density at radius 1 is 0.800 bits per heavy atom. The summed E-state index contributed by atoms with van der Waals surface area (Å²) in [5.74, 6) is -0.789. The zero-order chi connectivity index (χ0) is 18.6. The first-order valence-electron chi connectivity index (χ1n) is 10.7. The van der Waals surface area contributed by atoms with E-state index in [2.05, 4.69) is 35.0 Å². The largest absolute Gasteiger partial charge is 0.481 e. The molecule has 148 valence electrons. The normalized spacial score (nSPS) is 12.7. The number of alkyl halides is 1. The number of carboxylic acids is 1. The second-order valence-electron chi connectivity index (χ2n) is 7.24. The predicted molar refractivity (Wildman–Crippen MR) is 114 cm³/mol. The predicted octanol–water partition coefficient (Wildman–Crippen LogP) is 7.90. The van der Waals surface area contributed by atoms with E-state index in [4.69, 9.17) is 5.11 Å². The molecule has 0 aliphatic carbocycles. The molecule has 0 aliphatic rings. The highest BCUT2D eigenvalue weighted by Gasteiger charge is 2.15. The van der Waals surface area contributed by atoms with Gasteiger partial charge in [-0.05, 0) is 38.5 Å². The summed E-state index contributed by atoms with van der Waals surface area (Å²) in [6.45, 7) is 2.27. The molecular weight excluding hydrogens is 376 g/mol. The number of hydrogen-bond acceptors (Lipinski definition) is 1. The Balaban J connectivity index is 3.27. The molecule has 0 aliphatic heterocycles. The van der Waals surface area contributed by atoms with Crippen LogP contribution in [0.15, 0.2) is 12.2 Å². The van der Waals surface area contributed by atoms with Crippen molar-refractivity contribution in [1.82, 2.24) is 0 Å². The molecule has 0 aromatic heterocycles. The minimum absolute atomic E-state index is 0.156. The van der Waals surface area contributed by atoms with E-state index in [1.807, 2.05) is 0 Å². The van der Waals surface area contributed by atoms with Crippen LogP contribution >= 0.6 is 15.9 Å². The Morgan fingerprint density at radius 2 is 1.28 bits per heavy atom. The van der Waals surface area contributed by atoms with Crippen LogP contribution in [0.1, 0.15) is 110 Å². The van der Waals surface area contributed by atoms with E-state index in [1.165, 1.54) is 83.5 Å². The molecular formula is C22H41BrO2. The molecule has 0 fully saturated rings. The molecule has 2 nitrogen and oxygen atoms in total. The lowest BCUT2D eigenvalue weighted by atomic mass is 9.98. The number of allylic oxidation sites excluding steroid dienone is 2. The van der Waals surface area contributed by atoms with Crippen LogP contribution in [0.2, 0.25) is 0 Å². The van der Waals surface area contributed by atoms with E-state index in [0.29, 0.717) is 0 Å². The number of carbonyl (C=O) groups is 1. The van der Waals surface area contributed by atoms with Gasteiger partial charge in [0.25, 0.3) is 0 Å². The van der Waals surface area contributed by atoms with Crippen LogP contribution in [0, 0.1) is 5.92 Å². The van der Waals surface area contributed by atoms with E-state index in [-0.39, 0.29) is 5.92 Å². The van der Waals surface area contributed by atoms with Gasteiger partial charge in [-0.15, -0.1) is 0 Å². The first-order valence-corrected chi connectivity index (χ1v) is 11.8. The highest BCUT2D eigenvalue weighted by molar-refractivity contribution is 9.09. The topological polar surface area (TPSA) is 37.3 Å². The van der Waals surface area contributed by atoms with Gasteiger partial charge in [0.15, 0.2) is 0 Å². The summed E-state index contributed by atoms with van der Waals surface area (Å²) < 4.78 is 0. The van der Waals surface area contributed by atoms with Crippen molar-refractivity contribution in [3.63, 3.8) is 0 Å². The van der Waals surface area contributed by atoms with E-state index < -0.39 is 5.97 Å². The summed E-state index contributed by atoms with van der Waals surface area (Å²) in [4.78, 5) is 11.1. The van der Waals surface area contributed by atoms with E-state index in [0.717, 1.165) is 24.6 Å². The minimum atomic E-state index is -0.632. The maximum absolute atomic E-state index is 11.1. The Kier molecular flexibility index (Phi) is 19.8. The van der Waals surface area contributed by atoms with Gasteiger partial charge in [0.2, 0.25) is 0 Å². The van der Waals surface area contributed by atoms with Gasteiger partial charge in [0.05, 0.1) is 5.92 Å². The van der Waals surface area contributed by atoms with Crippen LogP contribution in [-0.4, -0.2) is 16.4 Å². The maximum atomic E-state index is 11.1. The summed E-state index contributed by atoms with van der Waals surface area (Å²) in [5, 5.41) is 9.89. The molecule has 0 spiro atoms. The molecule has 0 aromatic carbocycles. The third-order valence-electron chi connectivity index (χ3n) is 4.87. The molecule has 0 radical (unpaired) electrons. The first-order chi connectivity index (χ1) is 12.2. The van der Waals surface area contributed by atoms with Gasteiger partial charge in [0, 0.05) is 5.33 Å². The Bertz CT molecular complexity index is 315. The number of hydrogen-bond donors (Lipinski definition) is 1. The monoisotopic (exact) mass is 416 g/mol. The average Bonchev–Trinajstić information content (AvgIpc) is 2.60. The number of halogens is 1. The molecule has 1 atom stereocenters. The Hall–Kier alpha value is -0.310. The van der Waals surface area contributed by atoms with Crippen LogP contribution in [-0.2, 0) is 4.79 Å². The van der Waals surface area contributed by atoms with Crippen molar-refractivity contribution in [1.29, 1.82) is 0 Å². The molecule has 1 unspecified atom stereocenters. The Morgan fingerprint density at radius 3 is 1.76 bits per heavy atom. The number of carboxylic acid groups (broad SMARTS) is 1. The zero-order valence-electron chi connectivity index (χ0n) is 16.5. The van der Waals surface area contributed by atoms with Gasteiger partial charge in [-0.3, -0.25) is 4.79 Å². The number of aliphatic carboxylic acids is 1. The van der Waals surface area contributed by atoms with Gasteiger partial charge >= 0.3 is 5.97 Å². The molecule has 0 amide bonds. The number of rotatable bonds is 19. The second kappa shape index (κ2) is 20.0. The highest BCUT2D eigenvalue weighted by atomic mass is 79.9. The van der Waals surface area contributed by atoms with E-state index >= 15 is 0 Å². The number of unbranched alkanes of at least 4 members (excludes halogenated alkanes) is 12. The molecule has 0 bridgehead atoms. The van der Waals surface area contributed by atoms with E-state index in [9.17, 15) is 4.79 Å². The van der Waals surface area contributed by atoms with Crippen LogP contribution in [0.3, 0.4) is 0 Å². The van der Waals surface area contributed by atoms with Crippen LogP contribution in [0.4, 0.5) is 0 Å². The lowest BCUT2D eigenvalue weighted by molar-refractivity contribution is -0.142. The molecule has 0 saturated carbocycles. The molecule has 0 heterocycles. The minimum Gasteiger partial charge on any atom is -0.481 e. The van der Waals surface area contributed by atoms with Crippen molar-refractivity contribution in [2.45, 2.75) is 110 Å². The highest BCUT2D eigenvalue weighted by Crippen LogP contribution is 2.17. The summed E-state index contributed by atoms with van der Waals surface area (Å²) in [6.07, 6.45) is 24.5. The van der Waals surface area contributed by atoms with Gasteiger partial charge in [-0.25, -0.2) is 0 Å². The van der Waals surface area contributed by atoms with Gasteiger partial charge in [0.1, 0.15) is 0 Å². The fourth-order valence-electron chi connectivity index (χ4n) is 3.16. The standard InChI is InChI=1S/C22H41BrO2/c1-2-3-4-5-6-7-8-9-10-11-12-13-14-15-16-17-18-21(19-20-23)22(24)25/h9-10,21H,2-8,11-20H2,1H3,(H,24,25)/b10-9-. The summed E-state index contributed by atoms with van der Waals surface area (Å²) >= 11 is 3.34. The third kappa shape index (κ3) is 18.3. The molecule has 0 aromatic rings. The Labute approximate surface area is 165 Å². The maximum Gasteiger partial charge on any atom is 0.306 e. The van der Waals surface area contributed by atoms with Crippen molar-refractivity contribution in [2.75, 3.05) is 5.33 Å². The van der Waals surface area contributed by atoms with Crippen LogP contribution < -0.4 is 0 Å². The van der Waals surface area contributed by atoms with Crippen molar-refractivity contribution in [2.24, 2.45) is 5.92 Å². The average molecular weight is 417 g/mol. The van der Waals surface area contributed by atoms with Gasteiger partial charge < -0.3 is 5.11 Å². The summed E-state index contributed by atoms with van der Waals surface area (Å²) in [5.41, 5.74) is 0. The first kappa shape index (κ1) is 24.7. The second-order valence-corrected chi connectivity index (χ2v) is 8.03. The van der Waals surface area contributed by atoms with Crippen molar-refractivity contribution in [3.8, 4) is 0 Å². The fourth-order valence-corrected chi connectivity index (χ4v) is 3.71. The lowest BCUT2D eigenvalue weighted by Crippen LogP contribution is -2.14. The quantitative estimate of drug-likeness (QED) is 0.132. The summed E-state index contributed by atoms with van der Waals surface area (Å²) in [7, 11) is 0. The molecule has 25 heavy (non-hydrogen) atoms. The van der Waals surface area contributed by atoms with Crippen LogP contribution in [0.5, 0.6) is 0 Å². The summed E-state index contributed by atoms with van der Waals surface area (Å²) in [6, 6.07) is 0. The SMILES string of the molecule is CCCCCCCC/C=C\CCCCCCCCC(CCBr)C(=O)O. The molecule has 0 rings (SSSR count). The molecule has 3 heteroatoms. The van der Waals surface area contributed by atoms with Gasteiger partial charge in [-0.1, -0.05) is 99.2 Å². The van der Waals surface area contributed by atoms with Gasteiger partial charge in [-0.2, -0.15) is 0 Å². The van der Waals surface area contributed by atoms with E-state index in [1.54, 1.807) is 0 Å². The van der Waals surface area contributed by atoms with Crippen molar-refractivity contribution >= 4 is 21.9 Å². The lowest BCUT2D eigenvalue weighted by Gasteiger charge is -2.10. The zero-order valence-corrected chi connectivity index (χ0v) is 18.1. The van der Waals surface area contributed by atoms with Crippen molar-refractivity contribution in [3.05, 3.63) is 12.2 Å². The fraction of sp³-hybridized carbons (Fsp3) is 0.864. The van der Waals surface area contributed by atoms with Crippen LogP contribution in [0.25, 0.3) is 0 Å². The smallest absolute Gasteiger partial charge is 0.306 e. The molecule has 1 N–H and O–H groups in total. The third-order valence-corrected chi connectivity index (χ3v) is 5.33. The van der Waals surface area contributed by atoms with Crippen molar-refractivity contribution < 1.29 is 9.90 Å².